The van der Waals surface area contributed by atoms with Gasteiger partial charge in [0.15, 0.2) is 5.82 Å². The van der Waals surface area contributed by atoms with E-state index >= 15 is 0 Å². The standard InChI is InChI=1S/C45H32N2/c1-45(2)40-19-11-10-18-37(40)39-27-32(22-25-41(39)45)34-23-24-38(36-17-9-8-16-35(34)36)43-28-42(46-44(47-43)30-13-4-3-5-14-30)33-21-20-29-12-6-7-15-31(29)26-33/h3-28H,1-2H3. The van der Waals surface area contributed by atoms with E-state index in [9.17, 15) is 0 Å². The third kappa shape index (κ3) is 4.48. The molecule has 2 heteroatoms. The molecule has 0 N–H and O–H groups in total. The molecule has 0 fully saturated rings. The fourth-order valence-electron chi connectivity index (χ4n) is 7.46. The molecule has 0 aliphatic heterocycles. The van der Waals surface area contributed by atoms with E-state index in [4.69, 9.17) is 9.97 Å². The van der Waals surface area contributed by atoms with Crippen molar-refractivity contribution in [2.75, 3.05) is 0 Å². The molecule has 7 aromatic carbocycles. The summed E-state index contributed by atoms with van der Waals surface area (Å²) in [6, 6.07) is 56.6. The highest BCUT2D eigenvalue weighted by molar-refractivity contribution is 6.05. The number of hydrogen-bond donors (Lipinski definition) is 0. The average molecular weight is 601 g/mol. The Morgan fingerprint density at radius 3 is 1.87 bits per heavy atom. The Morgan fingerprint density at radius 1 is 0.383 bits per heavy atom. The molecule has 1 aliphatic carbocycles. The second-order valence-electron chi connectivity index (χ2n) is 13.0. The summed E-state index contributed by atoms with van der Waals surface area (Å²) in [5.41, 5.74) is 12.9. The molecule has 0 spiro atoms. The third-order valence-corrected chi connectivity index (χ3v) is 9.90. The van der Waals surface area contributed by atoms with Gasteiger partial charge < -0.3 is 0 Å². The average Bonchev–Trinajstić information content (AvgIpc) is 3.36. The van der Waals surface area contributed by atoms with Crippen molar-refractivity contribution in [1.82, 2.24) is 9.97 Å². The van der Waals surface area contributed by atoms with Crippen LogP contribution in [0.25, 0.3) is 77.7 Å². The van der Waals surface area contributed by atoms with Gasteiger partial charge in [0.25, 0.3) is 0 Å². The van der Waals surface area contributed by atoms with Gasteiger partial charge in [-0.15, -0.1) is 0 Å². The van der Waals surface area contributed by atoms with E-state index in [1.807, 2.05) is 18.2 Å². The Bertz CT molecular complexity index is 2490. The van der Waals surface area contributed by atoms with Crippen molar-refractivity contribution in [2.24, 2.45) is 0 Å². The van der Waals surface area contributed by atoms with Crippen LogP contribution in [0.2, 0.25) is 0 Å². The van der Waals surface area contributed by atoms with Crippen molar-refractivity contribution in [3.05, 3.63) is 169 Å². The molecular formula is C45H32N2. The topological polar surface area (TPSA) is 25.8 Å². The van der Waals surface area contributed by atoms with Crippen LogP contribution >= 0.6 is 0 Å². The zero-order valence-corrected chi connectivity index (χ0v) is 26.4. The van der Waals surface area contributed by atoms with Gasteiger partial charge in [-0.2, -0.15) is 0 Å². The summed E-state index contributed by atoms with van der Waals surface area (Å²) in [4.78, 5) is 10.3. The minimum absolute atomic E-state index is 0.0113. The largest absolute Gasteiger partial charge is 0.228 e. The van der Waals surface area contributed by atoms with Gasteiger partial charge >= 0.3 is 0 Å². The zero-order chi connectivity index (χ0) is 31.5. The summed E-state index contributed by atoms with van der Waals surface area (Å²) in [6.07, 6.45) is 0. The van der Waals surface area contributed by atoms with Crippen molar-refractivity contribution in [2.45, 2.75) is 19.3 Å². The number of fused-ring (bicyclic) bond motifs is 5. The Labute approximate surface area is 275 Å². The van der Waals surface area contributed by atoms with Gasteiger partial charge in [-0.3, -0.25) is 0 Å². The fraction of sp³-hybridized carbons (Fsp3) is 0.0667. The Balaban J connectivity index is 1.22. The van der Waals surface area contributed by atoms with Crippen LogP contribution in [0.3, 0.4) is 0 Å². The number of rotatable bonds is 4. The molecule has 8 aromatic rings. The van der Waals surface area contributed by atoms with Crippen molar-refractivity contribution < 1.29 is 0 Å². The monoisotopic (exact) mass is 600 g/mol. The molecule has 0 unspecified atom stereocenters. The molecule has 0 atom stereocenters. The third-order valence-electron chi connectivity index (χ3n) is 9.90. The maximum absolute atomic E-state index is 5.19. The van der Waals surface area contributed by atoms with Gasteiger partial charge in [-0.25, -0.2) is 9.97 Å². The first-order valence-corrected chi connectivity index (χ1v) is 16.3. The molecule has 0 amide bonds. The summed E-state index contributed by atoms with van der Waals surface area (Å²) >= 11 is 0. The Morgan fingerprint density at radius 2 is 1.02 bits per heavy atom. The highest BCUT2D eigenvalue weighted by Crippen LogP contribution is 2.50. The lowest BCUT2D eigenvalue weighted by molar-refractivity contribution is 0.660. The van der Waals surface area contributed by atoms with E-state index in [-0.39, 0.29) is 5.41 Å². The van der Waals surface area contributed by atoms with E-state index in [1.165, 1.54) is 54.9 Å². The summed E-state index contributed by atoms with van der Waals surface area (Å²) in [6.45, 7) is 4.66. The highest BCUT2D eigenvalue weighted by Gasteiger charge is 2.35. The second-order valence-corrected chi connectivity index (χ2v) is 13.0. The lowest BCUT2D eigenvalue weighted by atomic mass is 9.82. The fourth-order valence-corrected chi connectivity index (χ4v) is 7.46. The molecule has 2 nitrogen and oxygen atoms in total. The van der Waals surface area contributed by atoms with Crippen LogP contribution in [0.4, 0.5) is 0 Å². The first-order valence-electron chi connectivity index (χ1n) is 16.3. The molecule has 0 radical (unpaired) electrons. The predicted octanol–water partition coefficient (Wildman–Crippen LogP) is 11.8. The molecule has 47 heavy (non-hydrogen) atoms. The first kappa shape index (κ1) is 27.5. The molecule has 1 heterocycles. The molecule has 1 aliphatic rings. The maximum atomic E-state index is 5.19. The number of benzene rings is 7. The Kier molecular flexibility index (Phi) is 6.20. The van der Waals surface area contributed by atoms with Crippen LogP contribution in [-0.4, -0.2) is 9.97 Å². The SMILES string of the molecule is CC1(C)c2ccccc2-c2cc(-c3ccc(-c4cc(-c5ccc6ccccc6c5)nc(-c5ccccc5)n4)c4ccccc34)ccc21. The molecule has 0 saturated carbocycles. The van der Waals surface area contributed by atoms with E-state index in [2.05, 4.69) is 153 Å². The van der Waals surface area contributed by atoms with Crippen LogP contribution in [-0.2, 0) is 5.41 Å². The predicted molar refractivity (Wildman–Crippen MR) is 196 cm³/mol. The van der Waals surface area contributed by atoms with Crippen molar-refractivity contribution in [3.63, 3.8) is 0 Å². The molecule has 1 aromatic heterocycles. The molecule has 222 valence electrons. The zero-order valence-electron chi connectivity index (χ0n) is 26.4. The number of aromatic nitrogens is 2. The lowest BCUT2D eigenvalue weighted by Crippen LogP contribution is -2.14. The molecule has 0 bridgehead atoms. The van der Waals surface area contributed by atoms with Crippen LogP contribution in [0, 0.1) is 0 Å². The minimum atomic E-state index is -0.0113. The van der Waals surface area contributed by atoms with Crippen molar-refractivity contribution in [1.29, 1.82) is 0 Å². The highest BCUT2D eigenvalue weighted by atomic mass is 14.9. The number of hydrogen-bond acceptors (Lipinski definition) is 2. The van der Waals surface area contributed by atoms with Gasteiger partial charge in [0.2, 0.25) is 0 Å². The maximum Gasteiger partial charge on any atom is 0.160 e. The van der Waals surface area contributed by atoms with Crippen molar-refractivity contribution in [3.8, 4) is 56.2 Å². The van der Waals surface area contributed by atoms with Crippen LogP contribution in [0.1, 0.15) is 25.0 Å². The molecular weight excluding hydrogens is 569 g/mol. The minimum Gasteiger partial charge on any atom is -0.228 e. The summed E-state index contributed by atoms with van der Waals surface area (Å²) in [5, 5.41) is 4.80. The first-order chi connectivity index (χ1) is 23.0. The number of nitrogens with zero attached hydrogens (tertiary/aromatic N) is 2. The van der Waals surface area contributed by atoms with E-state index in [1.54, 1.807) is 0 Å². The van der Waals surface area contributed by atoms with E-state index in [0.717, 1.165) is 33.9 Å². The van der Waals surface area contributed by atoms with Gasteiger partial charge in [-0.1, -0.05) is 153 Å². The summed E-state index contributed by atoms with van der Waals surface area (Å²) in [7, 11) is 0. The van der Waals surface area contributed by atoms with Crippen LogP contribution < -0.4 is 0 Å². The quantitative estimate of drug-likeness (QED) is 0.201. The molecule has 0 saturated heterocycles. The van der Waals surface area contributed by atoms with Crippen LogP contribution in [0.15, 0.2) is 158 Å². The smallest absolute Gasteiger partial charge is 0.160 e. The summed E-state index contributed by atoms with van der Waals surface area (Å²) in [5.74, 6) is 0.722. The van der Waals surface area contributed by atoms with E-state index < -0.39 is 0 Å². The van der Waals surface area contributed by atoms with Gasteiger partial charge in [0.1, 0.15) is 0 Å². The van der Waals surface area contributed by atoms with Crippen molar-refractivity contribution >= 4 is 21.5 Å². The summed E-state index contributed by atoms with van der Waals surface area (Å²) < 4.78 is 0. The van der Waals surface area contributed by atoms with Gasteiger partial charge in [0, 0.05) is 22.1 Å². The Hall–Kier alpha value is -5.86. The van der Waals surface area contributed by atoms with Gasteiger partial charge in [-0.05, 0) is 73.1 Å². The normalized spacial score (nSPS) is 13.1. The van der Waals surface area contributed by atoms with Gasteiger partial charge in [0.05, 0.1) is 11.4 Å². The molecule has 9 rings (SSSR count). The van der Waals surface area contributed by atoms with E-state index in [0.29, 0.717) is 0 Å². The lowest BCUT2D eigenvalue weighted by Gasteiger charge is -2.21. The van der Waals surface area contributed by atoms with Crippen LogP contribution in [0.5, 0.6) is 0 Å². The second kappa shape index (κ2) is 10.6.